The summed E-state index contributed by atoms with van der Waals surface area (Å²) >= 11 is 0. The second kappa shape index (κ2) is 3.45. The summed E-state index contributed by atoms with van der Waals surface area (Å²) in [5.74, 6) is 0. The van der Waals surface area contributed by atoms with Gasteiger partial charge in [-0.05, 0) is 37.0 Å². The average molecular weight is 234 g/mol. The van der Waals surface area contributed by atoms with Gasteiger partial charge in [0.15, 0.2) is 0 Å². The first-order chi connectivity index (χ1) is 8.84. The maximum absolute atomic E-state index is 4.86. The Morgan fingerprint density at radius 3 is 2.89 bits per heavy atom. The highest BCUT2D eigenvalue weighted by atomic mass is 15.0. The molecule has 4 rings (SSSR count). The molecule has 0 radical (unpaired) electrons. The van der Waals surface area contributed by atoms with Crippen molar-refractivity contribution in [2.75, 3.05) is 0 Å². The highest BCUT2D eigenvalue weighted by Gasteiger charge is 2.21. The summed E-state index contributed by atoms with van der Waals surface area (Å²) in [6.45, 7) is 2.12. The zero-order valence-corrected chi connectivity index (χ0v) is 10.4. The van der Waals surface area contributed by atoms with E-state index in [9.17, 15) is 0 Å². The van der Waals surface area contributed by atoms with E-state index in [1.54, 1.807) is 0 Å². The molecule has 18 heavy (non-hydrogen) atoms. The Morgan fingerprint density at radius 2 is 1.94 bits per heavy atom. The fraction of sp³-hybridized carbons (Fsp3) is 0.188. The first-order valence-electron chi connectivity index (χ1n) is 6.39. The molecule has 0 unspecified atom stereocenters. The Kier molecular flexibility index (Phi) is 1.90. The van der Waals surface area contributed by atoms with Gasteiger partial charge in [0, 0.05) is 11.8 Å². The third-order valence-corrected chi connectivity index (χ3v) is 3.85. The lowest BCUT2D eigenvalue weighted by Crippen LogP contribution is -2.05. The van der Waals surface area contributed by atoms with Gasteiger partial charge in [-0.25, -0.2) is 4.98 Å². The van der Waals surface area contributed by atoms with Crippen LogP contribution in [0.25, 0.3) is 16.9 Å². The monoisotopic (exact) mass is 234 g/mol. The first-order valence-corrected chi connectivity index (χ1v) is 6.39. The number of hydrogen-bond acceptors (Lipinski definition) is 1. The molecule has 2 nitrogen and oxygen atoms in total. The van der Waals surface area contributed by atoms with Crippen molar-refractivity contribution in [1.29, 1.82) is 0 Å². The molecular weight excluding hydrogens is 220 g/mol. The minimum atomic E-state index is 1.08. The molecule has 0 saturated carbocycles. The summed E-state index contributed by atoms with van der Waals surface area (Å²) < 4.78 is 2.25. The van der Waals surface area contributed by atoms with E-state index in [2.05, 4.69) is 53.9 Å². The van der Waals surface area contributed by atoms with Gasteiger partial charge in [0.1, 0.15) is 5.65 Å². The third-order valence-electron chi connectivity index (χ3n) is 3.85. The summed E-state index contributed by atoms with van der Waals surface area (Å²) in [6.07, 6.45) is 4.32. The fourth-order valence-electron chi connectivity index (χ4n) is 2.93. The van der Waals surface area contributed by atoms with E-state index < -0.39 is 0 Å². The van der Waals surface area contributed by atoms with Crippen LogP contribution in [0, 0.1) is 6.92 Å². The smallest absolute Gasteiger partial charge is 0.140 e. The van der Waals surface area contributed by atoms with E-state index in [1.165, 1.54) is 28.1 Å². The highest BCUT2D eigenvalue weighted by Crippen LogP contribution is 2.33. The molecule has 2 aromatic heterocycles. The van der Waals surface area contributed by atoms with Gasteiger partial charge in [0.2, 0.25) is 0 Å². The molecule has 3 aromatic rings. The Hall–Kier alpha value is -2.09. The quantitative estimate of drug-likeness (QED) is 0.582. The molecule has 0 N–H and O–H groups in total. The lowest BCUT2D eigenvalue weighted by atomic mass is 9.92. The minimum Gasteiger partial charge on any atom is -0.303 e. The number of rotatable bonds is 0. The van der Waals surface area contributed by atoms with Crippen molar-refractivity contribution in [3.63, 3.8) is 0 Å². The molecule has 1 aliphatic carbocycles. The summed E-state index contributed by atoms with van der Waals surface area (Å²) in [5, 5.41) is 0. The number of fused-ring (bicyclic) bond motifs is 5. The Bertz CT molecular complexity index is 753. The number of pyridine rings is 1. The van der Waals surface area contributed by atoms with Crippen molar-refractivity contribution in [3.05, 3.63) is 59.4 Å². The molecule has 0 amide bonds. The van der Waals surface area contributed by atoms with Crippen LogP contribution in [0.3, 0.4) is 0 Å². The molecule has 2 heterocycles. The number of benzene rings is 1. The normalized spacial score (nSPS) is 13.4. The number of nitrogens with zero attached hydrogens (tertiary/aromatic N) is 2. The number of aromatic nitrogens is 2. The van der Waals surface area contributed by atoms with Gasteiger partial charge in [-0.15, -0.1) is 0 Å². The summed E-state index contributed by atoms with van der Waals surface area (Å²) in [4.78, 5) is 4.86. The third kappa shape index (κ3) is 1.20. The molecule has 0 spiro atoms. The van der Waals surface area contributed by atoms with Gasteiger partial charge >= 0.3 is 0 Å². The summed E-state index contributed by atoms with van der Waals surface area (Å²) in [6, 6.07) is 12.9. The van der Waals surface area contributed by atoms with E-state index in [4.69, 9.17) is 4.98 Å². The molecule has 0 fully saturated rings. The van der Waals surface area contributed by atoms with Crippen LogP contribution in [-0.4, -0.2) is 9.38 Å². The van der Waals surface area contributed by atoms with Crippen molar-refractivity contribution in [3.8, 4) is 11.3 Å². The first kappa shape index (κ1) is 9.89. The van der Waals surface area contributed by atoms with Gasteiger partial charge in [-0.3, -0.25) is 0 Å². The van der Waals surface area contributed by atoms with Gasteiger partial charge < -0.3 is 4.40 Å². The van der Waals surface area contributed by atoms with Crippen LogP contribution in [-0.2, 0) is 12.8 Å². The predicted molar refractivity (Wildman–Crippen MR) is 72.8 cm³/mol. The number of hydrogen-bond donors (Lipinski definition) is 0. The van der Waals surface area contributed by atoms with E-state index in [-0.39, 0.29) is 0 Å². The molecule has 88 valence electrons. The van der Waals surface area contributed by atoms with Crippen LogP contribution in [0.5, 0.6) is 0 Å². The molecule has 0 saturated heterocycles. The Morgan fingerprint density at radius 1 is 1.06 bits per heavy atom. The predicted octanol–water partition coefficient (Wildman–Crippen LogP) is 3.41. The SMILES string of the molecule is Cc1cccn2c3c(nc12)-c1ccccc1CC3. The van der Waals surface area contributed by atoms with Gasteiger partial charge in [0.25, 0.3) is 0 Å². The Labute approximate surface area is 106 Å². The number of imidazole rings is 1. The number of aryl methyl sites for hydroxylation is 3. The van der Waals surface area contributed by atoms with E-state index in [0.29, 0.717) is 0 Å². The largest absolute Gasteiger partial charge is 0.303 e. The highest BCUT2D eigenvalue weighted by molar-refractivity contribution is 5.72. The van der Waals surface area contributed by atoms with Crippen LogP contribution in [0.2, 0.25) is 0 Å². The van der Waals surface area contributed by atoms with E-state index in [0.717, 1.165) is 18.5 Å². The second-order valence-corrected chi connectivity index (χ2v) is 4.95. The van der Waals surface area contributed by atoms with Gasteiger partial charge in [-0.1, -0.05) is 30.3 Å². The maximum Gasteiger partial charge on any atom is 0.140 e. The summed E-state index contributed by atoms with van der Waals surface area (Å²) in [7, 11) is 0. The van der Waals surface area contributed by atoms with Crippen LogP contribution in [0.4, 0.5) is 0 Å². The van der Waals surface area contributed by atoms with Gasteiger partial charge in [-0.2, -0.15) is 0 Å². The lowest BCUT2D eigenvalue weighted by molar-refractivity contribution is 0.880. The molecule has 0 bridgehead atoms. The van der Waals surface area contributed by atoms with Crippen molar-refractivity contribution >= 4 is 5.65 Å². The van der Waals surface area contributed by atoms with E-state index >= 15 is 0 Å². The molecule has 1 aromatic carbocycles. The molecular formula is C16H14N2. The second-order valence-electron chi connectivity index (χ2n) is 4.95. The minimum absolute atomic E-state index is 1.08. The average Bonchev–Trinajstić information content (AvgIpc) is 2.79. The summed E-state index contributed by atoms with van der Waals surface area (Å²) in [5.41, 5.74) is 7.59. The van der Waals surface area contributed by atoms with Crippen molar-refractivity contribution in [2.45, 2.75) is 19.8 Å². The van der Waals surface area contributed by atoms with Gasteiger partial charge in [0.05, 0.1) is 11.4 Å². The van der Waals surface area contributed by atoms with Crippen LogP contribution >= 0.6 is 0 Å². The maximum atomic E-state index is 4.86. The molecule has 2 heteroatoms. The van der Waals surface area contributed by atoms with Crippen LogP contribution in [0.15, 0.2) is 42.6 Å². The molecule has 0 aliphatic heterocycles. The van der Waals surface area contributed by atoms with Crippen LogP contribution in [0.1, 0.15) is 16.8 Å². The molecule has 0 atom stereocenters. The molecule has 1 aliphatic rings. The van der Waals surface area contributed by atoms with Crippen molar-refractivity contribution < 1.29 is 0 Å². The standard InChI is InChI=1S/C16H14N2/c1-11-5-4-10-18-14-9-8-12-6-2-3-7-13(12)15(14)17-16(11)18/h2-7,10H,8-9H2,1H3. The Balaban J connectivity index is 2.11. The topological polar surface area (TPSA) is 17.3 Å². The zero-order valence-electron chi connectivity index (χ0n) is 10.4. The van der Waals surface area contributed by atoms with Crippen molar-refractivity contribution in [1.82, 2.24) is 9.38 Å². The zero-order chi connectivity index (χ0) is 12.1. The fourth-order valence-corrected chi connectivity index (χ4v) is 2.93. The van der Waals surface area contributed by atoms with Crippen LogP contribution < -0.4 is 0 Å². The van der Waals surface area contributed by atoms with Crippen molar-refractivity contribution in [2.24, 2.45) is 0 Å². The lowest BCUT2D eigenvalue weighted by Gasteiger charge is -2.15. The van der Waals surface area contributed by atoms with E-state index in [1.807, 2.05) is 0 Å².